The number of nitriles is 1. The number of nitrogens with zero attached hydrogens (tertiary/aromatic N) is 2. The van der Waals surface area contributed by atoms with E-state index in [1.54, 1.807) is 7.11 Å². The van der Waals surface area contributed by atoms with E-state index in [4.69, 9.17) is 9.47 Å². The number of carbonyl (C=O) groups excluding carboxylic acids is 1. The summed E-state index contributed by atoms with van der Waals surface area (Å²) in [6.45, 7) is 2.64. The number of rotatable bonds is 3. The zero-order valence-corrected chi connectivity index (χ0v) is 13.7. The number of benzene rings is 1. The molecule has 5 nitrogen and oxygen atoms in total. The molecule has 5 atom stereocenters. The molecule has 23 heavy (non-hydrogen) atoms. The maximum atomic E-state index is 12.2. The Balaban J connectivity index is 2.07. The van der Waals surface area contributed by atoms with Crippen molar-refractivity contribution in [2.45, 2.75) is 25.3 Å². The van der Waals surface area contributed by atoms with Crippen LogP contribution in [0.2, 0.25) is 0 Å². The Labute approximate surface area is 136 Å². The van der Waals surface area contributed by atoms with Crippen molar-refractivity contribution in [2.75, 3.05) is 25.9 Å². The first-order valence-corrected chi connectivity index (χ1v) is 7.96. The predicted molar refractivity (Wildman–Crippen MR) is 85.7 cm³/mol. The van der Waals surface area contributed by atoms with E-state index in [9.17, 15) is 10.1 Å². The molecular weight excluding hydrogens is 292 g/mol. The van der Waals surface area contributed by atoms with Gasteiger partial charge in [-0.2, -0.15) is 5.26 Å². The second-order valence-electron chi connectivity index (χ2n) is 6.46. The summed E-state index contributed by atoms with van der Waals surface area (Å²) in [6.07, 6.45) is 0.667. The van der Waals surface area contributed by atoms with E-state index in [0.29, 0.717) is 13.2 Å². The summed E-state index contributed by atoms with van der Waals surface area (Å²) in [6, 6.07) is 10.7. The number of para-hydroxylation sites is 1. The van der Waals surface area contributed by atoms with Crippen molar-refractivity contribution < 1.29 is 14.3 Å². The molecule has 1 saturated carbocycles. The lowest BCUT2D eigenvalue weighted by molar-refractivity contribution is -0.149. The van der Waals surface area contributed by atoms with Gasteiger partial charge in [0.05, 0.1) is 25.0 Å². The van der Waals surface area contributed by atoms with Crippen molar-refractivity contribution >= 4 is 11.7 Å². The van der Waals surface area contributed by atoms with Gasteiger partial charge >= 0.3 is 5.97 Å². The van der Waals surface area contributed by atoms with Crippen LogP contribution in [0.5, 0.6) is 0 Å². The molecule has 3 rings (SSSR count). The minimum Gasteiger partial charge on any atom is -0.469 e. The largest absolute Gasteiger partial charge is 0.469 e. The molecule has 1 aromatic carbocycles. The van der Waals surface area contributed by atoms with Gasteiger partial charge in [0.15, 0.2) is 0 Å². The Morgan fingerprint density at radius 2 is 2.13 bits per heavy atom. The van der Waals surface area contributed by atoms with Crippen LogP contribution in [0.3, 0.4) is 0 Å². The van der Waals surface area contributed by atoms with Gasteiger partial charge in [-0.3, -0.25) is 4.79 Å². The van der Waals surface area contributed by atoms with Gasteiger partial charge in [0.1, 0.15) is 6.73 Å². The van der Waals surface area contributed by atoms with Crippen LogP contribution < -0.4 is 4.90 Å². The first kappa shape index (κ1) is 15.8. The van der Waals surface area contributed by atoms with Gasteiger partial charge < -0.3 is 14.4 Å². The second-order valence-corrected chi connectivity index (χ2v) is 6.46. The molecule has 1 aromatic rings. The molecule has 1 heterocycles. The van der Waals surface area contributed by atoms with Crippen LogP contribution in [0.25, 0.3) is 0 Å². The van der Waals surface area contributed by atoms with Crippen LogP contribution in [0.1, 0.15) is 24.8 Å². The van der Waals surface area contributed by atoms with E-state index in [1.807, 2.05) is 12.1 Å². The SMILES string of the molecule is COCN1c2ccccc2C2C1[C@H](C)C[C@@H](C(=O)OC)[C@H]2C#N. The number of ether oxygens (including phenoxy) is 2. The molecule has 5 heteroatoms. The summed E-state index contributed by atoms with van der Waals surface area (Å²) >= 11 is 0. The number of methoxy groups -OCH3 is 2. The molecule has 0 saturated heterocycles. The quantitative estimate of drug-likeness (QED) is 0.802. The lowest BCUT2D eigenvalue weighted by Crippen LogP contribution is -2.49. The molecule has 0 bridgehead atoms. The molecule has 1 aliphatic heterocycles. The molecule has 1 fully saturated rings. The van der Waals surface area contributed by atoms with Gasteiger partial charge in [-0.05, 0) is 24.0 Å². The second kappa shape index (κ2) is 6.21. The highest BCUT2D eigenvalue weighted by atomic mass is 16.5. The fourth-order valence-corrected chi connectivity index (χ4v) is 4.43. The maximum absolute atomic E-state index is 12.2. The molecule has 0 aromatic heterocycles. The van der Waals surface area contributed by atoms with E-state index in [0.717, 1.165) is 11.3 Å². The van der Waals surface area contributed by atoms with Crippen molar-refractivity contribution in [3.63, 3.8) is 0 Å². The number of esters is 1. The van der Waals surface area contributed by atoms with Crippen molar-refractivity contribution in [3.05, 3.63) is 29.8 Å². The zero-order chi connectivity index (χ0) is 16.6. The predicted octanol–water partition coefficient (Wildman–Crippen LogP) is 2.53. The smallest absolute Gasteiger partial charge is 0.310 e. The van der Waals surface area contributed by atoms with E-state index in [1.165, 1.54) is 7.11 Å². The molecular formula is C18H22N2O3. The lowest BCUT2D eigenvalue weighted by atomic mass is 9.65. The number of fused-ring (bicyclic) bond motifs is 3. The minimum atomic E-state index is -0.369. The van der Waals surface area contributed by atoms with Crippen molar-refractivity contribution in [3.8, 4) is 6.07 Å². The molecule has 0 spiro atoms. The lowest BCUT2D eigenvalue weighted by Gasteiger charge is -2.42. The van der Waals surface area contributed by atoms with Crippen LogP contribution in [-0.4, -0.2) is 33.0 Å². The minimum absolute atomic E-state index is 0.0131. The summed E-state index contributed by atoms with van der Waals surface area (Å²) in [5, 5.41) is 9.77. The fourth-order valence-electron chi connectivity index (χ4n) is 4.43. The van der Waals surface area contributed by atoms with Gasteiger partial charge in [0, 0.05) is 24.8 Å². The van der Waals surface area contributed by atoms with Gasteiger partial charge in [-0.25, -0.2) is 0 Å². The average molecular weight is 314 g/mol. The van der Waals surface area contributed by atoms with Gasteiger partial charge in [-0.15, -0.1) is 0 Å². The third-order valence-electron chi connectivity index (χ3n) is 5.28. The molecule has 1 aliphatic carbocycles. The number of anilines is 1. The molecule has 122 valence electrons. The molecule has 0 radical (unpaired) electrons. The highest BCUT2D eigenvalue weighted by molar-refractivity contribution is 5.75. The molecule has 2 unspecified atom stereocenters. The normalized spacial score (nSPS) is 31.9. The van der Waals surface area contributed by atoms with E-state index in [2.05, 4.69) is 30.0 Å². The Morgan fingerprint density at radius 1 is 1.39 bits per heavy atom. The summed E-state index contributed by atoms with van der Waals surface area (Å²) in [4.78, 5) is 14.4. The monoisotopic (exact) mass is 314 g/mol. The average Bonchev–Trinajstić information content (AvgIpc) is 2.90. The van der Waals surface area contributed by atoms with Crippen LogP contribution >= 0.6 is 0 Å². The topological polar surface area (TPSA) is 62.6 Å². The highest BCUT2D eigenvalue weighted by Gasteiger charge is 2.53. The Kier molecular flexibility index (Phi) is 4.27. The van der Waals surface area contributed by atoms with E-state index >= 15 is 0 Å². The molecule has 2 aliphatic rings. The van der Waals surface area contributed by atoms with Crippen LogP contribution in [-0.2, 0) is 14.3 Å². The third-order valence-corrected chi connectivity index (χ3v) is 5.28. The van der Waals surface area contributed by atoms with Crippen LogP contribution in [0, 0.1) is 29.1 Å². The highest BCUT2D eigenvalue weighted by Crippen LogP contribution is 2.53. The third kappa shape index (κ3) is 2.38. The van der Waals surface area contributed by atoms with Gasteiger partial charge in [0.25, 0.3) is 0 Å². The van der Waals surface area contributed by atoms with E-state index < -0.39 is 0 Å². The number of hydrogen-bond acceptors (Lipinski definition) is 5. The summed E-state index contributed by atoms with van der Waals surface area (Å²) in [7, 11) is 3.08. The van der Waals surface area contributed by atoms with Crippen LogP contribution in [0.4, 0.5) is 5.69 Å². The van der Waals surface area contributed by atoms with Gasteiger partial charge in [0.2, 0.25) is 0 Å². The van der Waals surface area contributed by atoms with E-state index in [-0.39, 0.29) is 35.7 Å². The van der Waals surface area contributed by atoms with Gasteiger partial charge in [-0.1, -0.05) is 25.1 Å². The first-order valence-electron chi connectivity index (χ1n) is 7.96. The maximum Gasteiger partial charge on any atom is 0.310 e. The number of hydrogen-bond donors (Lipinski definition) is 0. The fraction of sp³-hybridized carbons (Fsp3) is 0.556. The zero-order valence-electron chi connectivity index (χ0n) is 13.7. The molecule has 0 N–H and O–H groups in total. The van der Waals surface area contributed by atoms with Crippen molar-refractivity contribution in [2.24, 2.45) is 17.8 Å². The number of carbonyl (C=O) groups is 1. The van der Waals surface area contributed by atoms with Crippen molar-refractivity contribution in [1.29, 1.82) is 5.26 Å². The Hall–Kier alpha value is -2.06. The summed E-state index contributed by atoms with van der Waals surface area (Å²) < 4.78 is 10.3. The first-order chi connectivity index (χ1) is 11.1. The Morgan fingerprint density at radius 3 is 2.78 bits per heavy atom. The summed E-state index contributed by atoms with van der Waals surface area (Å²) in [5.41, 5.74) is 2.25. The van der Waals surface area contributed by atoms with Crippen LogP contribution in [0.15, 0.2) is 24.3 Å². The summed E-state index contributed by atoms with van der Waals surface area (Å²) in [5.74, 6) is -0.719. The Bertz CT molecular complexity index is 639. The molecule has 0 amide bonds. The van der Waals surface area contributed by atoms with Crippen molar-refractivity contribution in [1.82, 2.24) is 0 Å². The standard InChI is InChI=1S/C18H22N2O3/c1-11-8-13(18(21)23-3)14(9-19)16-12-6-4-5-7-15(12)20(10-22-2)17(11)16/h4-7,11,13-14,16-17H,8,10H2,1-3H3/t11-,13-,14-,16?,17?/m1/s1.